The predicted octanol–water partition coefficient (Wildman–Crippen LogP) is 2.22. The van der Waals surface area contributed by atoms with Gasteiger partial charge in [0, 0.05) is 12.5 Å². The van der Waals surface area contributed by atoms with Crippen molar-refractivity contribution in [3.05, 3.63) is 66.3 Å². The van der Waals surface area contributed by atoms with Crippen LogP contribution in [0.4, 0.5) is 0 Å². The van der Waals surface area contributed by atoms with E-state index >= 15 is 0 Å². The average Bonchev–Trinajstić information content (AvgIpc) is 3.23. The zero-order valence-electron chi connectivity index (χ0n) is 13.1. The summed E-state index contributed by atoms with van der Waals surface area (Å²) in [6.07, 6.45) is 8.79. The summed E-state index contributed by atoms with van der Waals surface area (Å²) >= 11 is 0. The van der Waals surface area contributed by atoms with Gasteiger partial charge in [-0.1, -0.05) is 42.5 Å². The highest BCUT2D eigenvalue weighted by Gasteiger charge is 2.40. The molecule has 1 aliphatic rings. The van der Waals surface area contributed by atoms with Crippen molar-refractivity contribution in [1.29, 1.82) is 0 Å². The lowest BCUT2D eigenvalue weighted by Crippen LogP contribution is -2.42. The van der Waals surface area contributed by atoms with Crippen molar-refractivity contribution in [1.82, 2.24) is 14.9 Å². The second-order valence-corrected chi connectivity index (χ2v) is 6.11. The van der Waals surface area contributed by atoms with Gasteiger partial charge in [0.15, 0.2) is 0 Å². The van der Waals surface area contributed by atoms with Crippen molar-refractivity contribution >= 4 is 5.91 Å². The first-order valence-corrected chi connectivity index (χ1v) is 7.74. The highest BCUT2D eigenvalue weighted by atomic mass is 16.3. The molecule has 1 aromatic heterocycles. The van der Waals surface area contributed by atoms with Crippen molar-refractivity contribution in [3.63, 3.8) is 0 Å². The minimum atomic E-state index is -0.393. The Hall–Kier alpha value is -2.40. The molecule has 2 aromatic rings. The van der Waals surface area contributed by atoms with Crippen LogP contribution in [-0.4, -0.2) is 27.2 Å². The van der Waals surface area contributed by atoms with Crippen molar-refractivity contribution in [2.45, 2.75) is 18.9 Å². The topological polar surface area (TPSA) is 67.2 Å². The number of nitrogens with one attached hydrogen (secondary N) is 1. The van der Waals surface area contributed by atoms with Gasteiger partial charge in [0.05, 0.1) is 25.2 Å². The van der Waals surface area contributed by atoms with Crippen LogP contribution in [0, 0.1) is 5.41 Å². The van der Waals surface area contributed by atoms with Crippen molar-refractivity contribution in [3.8, 4) is 0 Å². The molecule has 1 amide bonds. The van der Waals surface area contributed by atoms with Crippen LogP contribution in [-0.2, 0) is 7.05 Å². The van der Waals surface area contributed by atoms with Gasteiger partial charge in [0.2, 0.25) is 0 Å². The van der Waals surface area contributed by atoms with E-state index in [9.17, 15) is 9.90 Å². The van der Waals surface area contributed by atoms with Crippen LogP contribution in [0.5, 0.6) is 0 Å². The number of nitrogens with zero attached hydrogens (tertiary/aromatic N) is 2. The normalized spacial score (nSPS) is 17.1. The van der Waals surface area contributed by atoms with Crippen LogP contribution < -0.4 is 5.32 Å². The van der Waals surface area contributed by atoms with Gasteiger partial charge in [-0.3, -0.25) is 4.79 Å². The van der Waals surface area contributed by atoms with E-state index in [-0.39, 0.29) is 18.6 Å². The highest BCUT2D eigenvalue weighted by molar-refractivity contribution is 5.92. The Bertz CT molecular complexity index is 698. The average molecular weight is 311 g/mol. The first-order valence-electron chi connectivity index (χ1n) is 7.74. The van der Waals surface area contributed by atoms with E-state index in [0.717, 1.165) is 18.4 Å². The summed E-state index contributed by atoms with van der Waals surface area (Å²) in [5, 5.41) is 13.1. The van der Waals surface area contributed by atoms with Crippen molar-refractivity contribution < 1.29 is 9.90 Å². The molecule has 0 bridgehead atoms. The standard InChI is InChI=1S/C18H21N3O2/c1-21-13-19-11-15(21)17(23)20-16(14-7-3-2-4-8-14)18(12-22)9-5-6-10-18/h2-8,11,13,16,22H,9-10,12H2,1H3,(H,20,23)/t16-/m0/s1. The molecule has 0 saturated carbocycles. The van der Waals surface area contributed by atoms with Gasteiger partial charge in [-0.2, -0.15) is 0 Å². The van der Waals surface area contributed by atoms with Gasteiger partial charge in [0.1, 0.15) is 5.69 Å². The lowest BCUT2D eigenvalue weighted by Gasteiger charge is -2.37. The molecule has 1 atom stereocenters. The third-order valence-corrected chi connectivity index (χ3v) is 4.60. The van der Waals surface area contributed by atoms with Gasteiger partial charge in [-0.05, 0) is 18.4 Å². The number of amides is 1. The molecular weight excluding hydrogens is 290 g/mol. The SMILES string of the molecule is Cn1cncc1C(=O)N[C@@H](c1ccccc1)C1(CO)CC=CC1. The summed E-state index contributed by atoms with van der Waals surface area (Å²) in [7, 11) is 1.79. The van der Waals surface area contributed by atoms with Crippen molar-refractivity contribution in [2.75, 3.05) is 6.61 Å². The summed E-state index contributed by atoms with van der Waals surface area (Å²) in [5.41, 5.74) is 1.11. The van der Waals surface area contributed by atoms with Gasteiger partial charge in [0.25, 0.3) is 5.91 Å². The predicted molar refractivity (Wildman–Crippen MR) is 87.8 cm³/mol. The first-order chi connectivity index (χ1) is 11.2. The van der Waals surface area contributed by atoms with Crippen LogP contribution in [0.1, 0.15) is 34.9 Å². The van der Waals surface area contributed by atoms with Gasteiger partial charge < -0.3 is 15.0 Å². The fourth-order valence-corrected chi connectivity index (χ4v) is 3.19. The Morgan fingerprint density at radius 2 is 2.04 bits per heavy atom. The molecule has 1 heterocycles. The quantitative estimate of drug-likeness (QED) is 0.832. The Kier molecular flexibility index (Phi) is 4.30. The minimum Gasteiger partial charge on any atom is -0.396 e. The van der Waals surface area contributed by atoms with Gasteiger partial charge >= 0.3 is 0 Å². The number of allylic oxidation sites excluding steroid dienone is 2. The number of aryl methyl sites for hydroxylation is 1. The summed E-state index contributed by atoms with van der Waals surface area (Å²) < 4.78 is 1.69. The van der Waals surface area contributed by atoms with E-state index < -0.39 is 5.41 Å². The molecule has 0 saturated heterocycles. The van der Waals surface area contributed by atoms with E-state index in [1.165, 1.54) is 0 Å². The zero-order valence-corrected chi connectivity index (χ0v) is 13.1. The third-order valence-electron chi connectivity index (χ3n) is 4.60. The zero-order chi connectivity index (χ0) is 16.3. The fourth-order valence-electron chi connectivity index (χ4n) is 3.19. The van der Waals surface area contributed by atoms with Gasteiger partial charge in [-0.25, -0.2) is 4.98 Å². The molecule has 1 aromatic carbocycles. The highest BCUT2D eigenvalue weighted by Crippen LogP contribution is 2.44. The molecule has 0 spiro atoms. The molecule has 5 heteroatoms. The maximum Gasteiger partial charge on any atom is 0.270 e. The number of carbonyl (C=O) groups is 1. The maximum absolute atomic E-state index is 12.7. The maximum atomic E-state index is 12.7. The van der Waals surface area contributed by atoms with Gasteiger partial charge in [-0.15, -0.1) is 0 Å². The van der Waals surface area contributed by atoms with Crippen molar-refractivity contribution in [2.24, 2.45) is 12.5 Å². The molecule has 5 nitrogen and oxygen atoms in total. The van der Waals surface area contributed by atoms with Crippen LogP contribution >= 0.6 is 0 Å². The number of aromatic nitrogens is 2. The number of aliphatic hydroxyl groups is 1. The third kappa shape index (κ3) is 2.92. The van der Waals surface area contributed by atoms with E-state index in [1.807, 2.05) is 30.3 Å². The Morgan fingerprint density at radius 3 is 2.61 bits per heavy atom. The van der Waals surface area contributed by atoms with Crippen LogP contribution in [0.15, 0.2) is 55.0 Å². The number of carbonyl (C=O) groups excluding carboxylic acids is 1. The molecule has 0 radical (unpaired) electrons. The molecule has 0 aliphatic heterocycles. The second kappa shape index (κ2) is 6.38. The smallest absolute Gasteiger partial charge is 0.270 e. The number of imidazole rings is 1. The van der Waals surface area contributed by atoms with E-state index in [4.69, 9.17) is 0 Å². The van der Waals surface area contributed by atoms with E-state index in [1.54, 1.807) is 24.1 Å². The molecule has 2 N–H and O–H groups in total. The fraction of sp³-hybridized carbons (Fsp3) is 0.333. The summed E-state index contributed by atoms with van der Waals surface area (Å²) in [4.78, 5) is 16.6. The number of benzene rings is 1. The molecule has 0 unspecified atom stereocenters. The summed E-state index contributed by atoms with van der Waals surface area (Å²) in [5.74, 6) is -0.182. The molecule has 3 rings (SSSR count). The van der Waals surface area contributed by atoms with E-state index in [2.05, 4.69) is 22.5 Å². The molecular formula is C18H21N3O2. The lowest BCUT2D eigenvalue weighted by atomic mass is 9.75. The molecule has 23 heavy (non-hydrogen) atoms. The summed E-state index contributed by atoms with van der Waals surface area (Å²) in [6, 6.07) is 9.57. The first kappa shape index (κ1) is 15.5. The Labute approximate surface area is 135 Å². The monoisotopic (exact) mass is 311 g/mol. The largest absolute Gasteiger partial charge is 0.396 e. The number of rotatable bonds is 5. The molecule has 120 valence electrons. The second-order valence-electron chi connectivity index (χ2n) is 6.11. The number of aliphatic hydroxyl groups excluding tert-OH is 1. The minimum absolute atomic E-state index is 0.0191. The Balaban J connectivity index is 1.93. The Morgan fingerprint density at radius 1 is 1.35 bits per heavy atom. The van der Waals surface area contributed by atoms with E-state index in [0.29, 0.717) is 5.69 Å². The van der Waals surface area contributed by atoms with Crippen LogP contribution in [0.3, 0.4) is 0 Å². The molecule has 0 fully saturated rings. The summed E-state index contributed by atoms with van der Waals surface area (Å²) in [6.45, 7) is 0.0191. The lowest BCUT2D eigenvalue weighted by molar-refractivity contribution is 0.0720. The van der Waals surface area contributed by atoms with Crippen LogP contribution in [0.25, 0.3) is 0 Å². The number of hydrogen-bond acceptors (Lipinski definition) is 3. The number of hydrogen-bond donors (Lipinski definition) is 2. The van der Waals surface area contributed by atoms with Crippen LogP contribution in [0.2, 0.25) is 0 Å². The molecule has 1 aliphatic carbocycles.